The van der Waals surface area contributed by atoms with E-state index in [1.807, 2.05) is 31.2 Å². The van der Waals surface area contributed by atoms with Crippen LogP contribution in [-0.2, 0) is 4.79 Å². The molecule has 0 saturated carbocycles. The Labute approximate surface area is 201 Å². The number of nitrogens with one attached hydrogen (secondary N) is 1. The van der Waals surface area contributed by atoms with E-state index in [4.69, 9.17) is 10.5 Å². The van der Waals surface area contributed by atoms with E-state index >= 15 is 0 Å². The molecule has 176 valence electrons. The largest absolute Gasteiger partial charge is 0.421 e. The van der Waals surface area contributed by atoms with Crippen LogP contribution in [0.4, 0.5) is 10.2 Å². The lowest BCUT2D eigenvalue weighted by molar-refractivity contribution is -0.117. The van der Waals surface area contributed by atoms with Gasteiger partial charge in [0.2, 0.25) is 5.91 Å². The molecular weight excluding hydrogens is 447 g/mol. The lowest BCUT2D eigenvalue weighted by Crippen LogP contribution is -2.24. The number of aryl methyl sites for hydroxylation is 1. The van der Waals surface area contributed by atoms with Gasteiger partial charge in [-0.15, -0.1) is 0 Å². The van der Waals surface area contributed by atoms with E-state index in [2.05, 4.69) is 31.8 Å². The molecule has 0 radical (unpaired) electrons. The SMILES string of the molecule is C=CC(=O)NC(C)c1ccc(-c2ncnc(N)c2-c2ccc(Oc3nccc(C)n3)c(F)c2)cc1. The van der Waals surface area contributed by atoms with Crippen LogP contribution in [0, 0.1) is 12.7 Å². The molecule has 2 aromatic carbocycles. The molecule has 0 aliphatic carbocycles. The zero-order valence-electron chi connectivity index (χ0n) is 19.2. The van der Waals surface area contributed by atoms with Gasteiger partial charge in [-0.1, -0.05) is 36.9 Å². The average molecular weight is 471 g/mol. The highest BCUT2D eigenvalue weighted by Gasteiger charge is 2.17. The Kier molecular flexibility index (Phi) is 6.77. The molecule has 4 aromatic rings. The van der Waals surface area contributed by atoms with Crippen LogP contribution in [0.5, 0.6) is 11.8 Å². The first kappa shape index (κ1) is 23.5. The molecule has 9 heteroatoms. The van der Waals surface area contributed by atoms with Crippen LogP contribution < -0.4 is 15.8 Å². The highest BCUT2D eigenvalue weighted by atomic mass is 19.1. The summed E-state index contributed by atoms with van der Waals surface area (Å²) in [5.41, 5.74) is 10.1. The normalized spacial score (nSPS) is 11.5. The van der Waals surface area contributed by atoms with E-state index in [1.165, 1.54) is 30.7 Å². The molecule has 1 unspecified atom stereocenters. The molecule has 35 heavy (non-hydrogen) atoms. The van der Waals surface area contributed by atoms with Crippen LogP contribution in [0.25, 0.3) is 22.4 Å². The molecule has 1 atom stereocenters. The van der Waals surface area contributed by atoms with Crippen LogP contribution in [0.2, 0.25) is 0 Å². The van der Waals surface area contributed by atoms with Gasteiger partial charge in [0.05, 0.1) is 17.3 Å². The van der Waals surface area contributed by atoms with Crippen molar-refractivity contribution in [3.63, 3.8) is 0 Å². The topological polar surface area (TPSA) is 116 Å². The number of anilines is 1. The monoisotopic (exact) mass is 470 g/mol. The van der Waals surface area contributed by atoms with Crippen molar-refractivity contribution in [1.82, 2.24) is 25.3 Å². The van der Waals surface area contributed by atoms with E-state index in [1.54, 1.807) is 19.1 Å². The number of nitrogens with two attached hydrogens (primary N) is 1. The van der Waals surface area contributed by atoms with Crippen molar-refractivity contribution in [3.05, 3.63) is 90.8 Å². The van der Waals surface area contributed by atoms with E-state index in [0.717, 1.165) is 11.1 Å². The number of hydrogen-bond donors (Lipinski definition) is 2. The summed E-state index contributed by atoms with van der Waals surface area (Å²) in [5.74, 6) is -0.670. The molecule has 4 rings (SSSR count). The second-order valence-corrected chi connectivity index (χ2v) is 7.77. The van der Waals surface area contributed by atoms with Gasteiger partial charge in [0.1, 0.15) is 12.1 Å². The number of hydrogen-bond acceptors (Lipinski definition) is 7. The average Bonchev–Trinajstić information content (AvgIpc) is 2.85. The third kappa shape index (κ3) is 5.30. The minimum absolute atomic E-state index is 0.0174. The van der Waals surface area contributed by atoms with Crippen molar-refractivity contribution in [2.45, 2.75) is 19.9 Å². The van der Waals surface area contributed by atoms with Crippen LogP contribution in [0.3, 0.4) is 0 Å². The summed E-state index contributed by atoms with van der Waals surface area (Å²) in [6, 6.07) is 13.5. The standard InChI is InChI=1S/C26H23FN6O2/c1-4-22(34)33-16(3)17-5-7-18(8-6-17)24-23(25(28)31-14-30-24)19-9-10-21(20(27)13-19)35-26-29-12-11-15(2)32-26/h4-14,16H,1H2,2-3H3,(H,33,34)(H2,28,30,31). The van der Waals surface area contributed by atoms with Gasteiger partial charge in [-0.05, 0) is 49.2 Å². The molecule has 0 aliphatic heterocycles. The van der Waals surface area contributed by atoms with Crippen LogP contribution in [-0.4, -0.2) is 25.8 Å². The Balaban J connectivity index is 1.65. The molecule has 1 amide bonds. The fraction of sp³-hybridized carbons (Fsp3) is 0.115. The molecule has 0 spiro atoms. The minimum atomic E-state index is -0.607. The minimum Gasteiger partial charge on any atom is -0.421 e. The number of benzene rings is 2. The summed E-state index contributed by atoms with van der Waals surface area (Å²) in [6.07, 6.45) is 4.12. The van der Waals surface area contributed by atoms with E-state index in [-0.39, 0.29) is 29.5 Å². The Morgan fingerprint density at radius 1 is 1.11 bits per heavy atom. The number of nitrogens with zero attached hydrogens (tertiary/aromatic N) is 4. The van der Waals surface area contributed by atoms with Crippen molar-refractivity contribution in [1.29, 1.82) is 0 Å². The molecule has 3 N–H and O–H groups in total. The maximum atomic E-state index is 15.0. The molecule has 2 aromatic heterocycles. The van der Waals surface area contributed by atoms with Crippen LogP contribution in [0.1, 0.15) is 24.2 Å². The fourth-order valence-electron chi connectivity index (χ4n) is 3.50. The van der Waals surface area contributed by atoms with Crippen LogP contribution >= 0.6 is 0 Å². The highest BCUT2D eigenvalue weighted by Crippen LogP contribution is 2.36. The Morgan fingerprint density at radius 2 is 1.86 bits per heavy atom. The Bertz CT molecular complexity index is 1390. The Morgan fingerprint density at radius 3 is 2.54 bits per heavy atom. The lowest BCUT2D eigenvalue weighted by Gasteiger charge is -2.15. The van der Waals surface area contributed by atoms with Crippen molar-refractivity contribution in [2.24, 2.45) is 0 Å². The maximum Gasteiger partial charge on any atom is 0.322 e. The van der Waals surface area contributed by atoms with Gasteiger partial charge in [-0.3, -0.25) is 4.79 Å². The number of halogens is 1. The smallest absolute Gasteiger partial charge is 0.322 e. The first-order valence-electron chi connectivity index (χ1n) is 10.8. The zero-order valence-corrected chi connectivity index (χ0v) is 19.2. The van der Waals surface area contributed by atoms with Crippen LogP contribution in [0.15, 0.2) is 73.7 Å². The number of carbonyl (C=O) groups is 1. The highest BCUT2D eigenvalue weighted by molar-refractivity contribution is 5.88. The summed E-state index contributed by atoms with van der Waals surface area (Å²) < 4.78 is 20.5. The number of rotatable bonds is 7. The molecule has 2 heterocycles. The fourth-order valence-corrected chi connectivity index (χ4v) is 3.50. The van der Waals surface area contributed by atoms with Gasteiger partial charge in [-0.25, -0.2) is 24.3 Å². The number of ether oxygens (including phenoxy) is 1. The van der Waals surface area contributed by atoms with Gasteiger partial charge in [0.25, 0.3) is 0 Å². The van der Waals surface area contributed by atoms with Crippen molar-refractivity contribution < 1.29 is 13.9 Å². The summed E-state index contributed by atoms with van der Waals surface area (Å²) in [6.45, 7) is 7.13. The van der Waals surface area contributed by atoms with Crippen molar-refractivity contribution in [3.8, 4) is 34.1 Å². The first-order chi connectivity index (χ1) is 16.9. The number of amides is 1. The summed E-state index contributed by atoms with van der Waals surface area (Å²) in [5, 5.41) is 2.82. The third-order valence-electron chi connectivity index (χ3n) is 5.30. The third-order valence-corrected chi connectivity index (χ3v) is 5.30. The summed E-state index contributed by atoms with van der Waals surface area (Å²) in [4.78, 5) is 28.2. The molecule has 0 saturated heterocycles. The number of carbonyl (C=O) groups excluding carboxylic acids is 1. The predicted octanol–water partition coefficient (Wildman–Crippen LogP) is 4.79. The number of nitrogen functional groups attached to an aromatic ring is 1. The molecule has 0 bridgehead atoms. The van der Waals surface area contributed by atoms with Gasteiger partial charge in [0.15, 0.2) is 11.6 Å². The number of aromatic nitrogens is 4. The van der Waals surface area contributed by atoms with E-state index in [0.29, 0.717) is 22.5 Å². The predicted molar refractivity (Wildman–Crippen MR) is 131 cm³/mol. The van der Waals surface area contributed by atoms with Crippen molar-refractivity contribution in [2.75, 3.05) is 5.73 Å². The van der Waals surface area contributed by atoms with Gasteiger partial charge >= 0.3 is 6.01 Å². The summed E-state index contributed by atoms with van der Waals surface area (Å²) >= 11 is 0. The molecule has 8 nitrogen and oxygen atoms in total. The second kappa shape index (κ2) is 10.1. The van der Waals surface area contributed by atoms with Crippen molar-refractivity contribution >= 4 is 11.7 Å². The first-order valence-corrected chi connectivity index (χ1v) is 10.8. The summed E-state index contributed by atoms with van der Waals surface area (Å²) in [7, 11) is 0. The van der Waals surface area contributed by atoms with E-state index in [9.17, 15) is 9.18 Å². The lowest BCUT2D eigenvalue weighted by atomic mass is 9.97. The zero-order chi connectivity index (χ0) is 24.9. The van der Waals surface area contributed by atoms with Gasteiger partial charge < -0.3 is 15.8 Å². The molecule has 0 aliphatic rings. The molecule has 0 fully saturated rings. The maximum absolute atomic E-state index is 15.0. The van der Waals surface area contributed by atoms with Gasteiger partial charge in [0, 0.05) is 17.5 Å². The second-order valence-electron chi connectivity index (χ2n) is 7.77. The van der Waals surface area contributed by atoms with E-state index < -0.39 is 5.82 Å². The Hall–Kier alpha value is -4.66. The van der Waals surface area contributed by atoms with Gasteiger partial charge in [-0.2, -0.15) is 0 Å². The quantitative estimate of drug-likeness (QED) is 0.373. The molecular formula is C26H23FN6O2.